The average Bonchev–Trinajstić information content (AvgIpc) is 3.28. The minimum Gasteiger partial charge on any atom is -0.152 e. The maximum Gasteiger partial charge on any atom is 0.0961 e. The lowest BCUT2D eigenvalue weighted by molar-refractivity contribution is 0.836. The van der Waals surface area contributed by atoms with Crippen molar-refractivity contribution in [3.63, 3.8) is 0 Å². The van der Waals surface area contributed by atoms with Crippen LogP contribution in [0, 0.1) is 0 Å². The second kappa shape index (κ2) is 7.51. The van der Waals surface area contributed by atoms with E-state index in [1.54, 1.807) is 16.5 Å². The Morgan fingerprint density at radius 2 is 1.28 bits per heavy atom. The molecule has 4 heteroatoms. The molecular weight excluding hydrogens is 377 g/mol. The van der Waals surface area contributed by atoms with E-state index < -0.39 is 8.07 Å². The highest BCUT2D eigenvalue weighted by Crippen LogP contribution is 2.46. The van der Waals surface area contributed by atoms with E-state index in [0.29, 0.717) is 0 Å². The van der Waals surface area contributed by atoms with E-state index in [2.05, 4.69) is 81.3 Å². The van der Waals surface area contributed by atoms with Crippen LogP contribution >= 0.6 is 34.0 Å². The first-order valence-electron chi connectivity index (χ1n) is 9.08. The second-order valence-electron chi connectivity index (χ2n) is 7.77. The van der Waals surface area contributed by atoms with Gasteiger partial charge in [0.25, 0.3) is 0 Å². The fourth-order valence-electron chi connectivity index (χ4n) is 4.80. The minimum atomic E-state index is -1.68. The van der Waals surface area contributed by atoms with Crippen LogP contribution in [-0.2, 0) is 0 Å². The van der Waals surface area contributed by atoms with Crippen LogP contribution in [0.25, 0.3) is 20.9 Å². The molecule has 0 aliphatic heterocycles. The van der Waals surface area contributed by atoms with Gasteiger partial charge in [-0.2, -0.15) is 22.7 Å². The van der Waals surface area contributed by atoms with Crippen LogP contribution in [0.1, 0.15) is 41.5 Å². The monoisotopic (exact) mass is 404 g/mol. The van der Waals surface area contributed by atoms with Gasteiger partial charge >= 0.3 is 0 Å². The van der Waals surface area contributed by atoms with E-state index in [1.807, 2.05) is 22.7 Å². The Hall–Kier alpha value is -0.683. The molecule has 0 unspecified atom stereocenters. The van der Waals surface area contributed by atoms with Crippen LogP contribution in [0.3, 0.4) is 0 Å². The summed E-state index contributed by atoms with van der Waals surface area (Å²) in [7, 11) is -1.68. The van der Waals surface area contributed by atoms with Gasteiger partial charge < -0.3 is 0 Å². The molecule has 0 spiro atoms. The summed E-state index contributed by atoms with van der Waals surface area (Å²) >= 11 is 5.61. The summed E-state index contributed by atoms with van der Waals surface area (Å²) in [6.45, 7) is 14.8. The van der Waals surface area contributed by atoms with Gasteiger partial charge in [-0.3, -0.25) is 0 Å². The number of hydrogen-bond donors (Lipinski definition) is 0. The van der Waals surface area contributed by atoms with E-state index in [1.165, 1.54) is 20.9 Å². The zero-order chi connectivity index (χ0) is 18.2. The lowest BCUT2D eigenvalue weighted by atomic mass is 10.2. The molecular formula is C21H28S3Si. The SMILES string of the molecule is CC(C)[Si](c1cc(-c2ccsc2)sc1-c1ccsc1)(C(C)C)C(C)C. The van der Waals surface area contributed by atoms with Gasteiger partial charge in [0, 0.05) is 20.9 Å². The standard InChI is InChI=1S/C21H28S3Si/c1-14(2)25(15(3)4,16(5)6)20-11-19(17-7-9-22-12-17)24-21(20)18-8-10-23-13-18/h7-16H,1-6H3. The molecule has 0 bridgehead atoms. The molecule has 3 rings (SSSR count). The summed E-state index contributed by atoms with van der Waals surface area (Å²) in [6, 6.07) is 7.13. The molecule has 0 nitrogen and oxygen atoms in total. The molecule has 0 amide bonds. The smallest absolute Gasteiger partial charge is 0.0961 e. The van der Waals surface area contributed by atoms with E-state index in [0.717, 1.165) is 16.6 Å². The van der Waals surface area contributed by atoms with Crippen molar-refractivity contribution in [1.82, 2.24) is 0 Å². The second-order valence-corrected chi connectivity index (χ2v) is 16.3. The van der Waals surface area contributed by atoms with Crippen molar-refractivity contribution in [2.75, 3.05) is 0 Å². The quantitative estimate of drug-likeness (QED) is 0.364. The van der Waals surface area contributed by atoms with Crippen molar-refractivity contribution in [3.05, 3.63) is 39.7 Å². The Kier molecular flexibility index (Phi) is 5.74. The van der Waals surface area contributed by atoms with Crippen molar-refractivity contribution >= 4 is 47.3 Å². The molecule has 0 saturated carbocycles. The average molecular weight is 405 g/mol. The van der Waals surface area contributed by atoms with Gasteiger partial charge in [0.15, 0.2) is 0 Å². The summed E-state index contributed by atoms with van der Waals surface area (Å²) in [5.41, 5.74) is 5.00. The third-order valence-corrected chi connectivity index (χ3v) is 15.5. The minimum absolute atomic E-state index is 0.731. The highest BCUT2D eigenvalue weighted by atomic mass is 32.1. The predicted octanol–water partition coefficient (Wildman–Crippen LogP) is 8.09. The molecule has 0 saturated heterocycles. The van der Waals surface area contributed by atoms with Crippen molar-refractivity contribution in [3.8, 4) is 20.9 Å². The zero-order valence-electron chi connectivity index (χ0n) is 16.0. The molecule has 0 atom stereocenters. The van der Waals surface area contributed by atoms with E-state index in [-0.39, 0.29) is 0 Å². The van der Waals surface area contributed by atoms with Gasteiger partial charge in [0.1, 0.15) is 0 Å². The Morgan fingerprint density at radius 3 is 1.72 bits per heavy atom. The summed E-state index contributed by atoms with van der Waals surface area (Å²) in [4.78, 5) is 2.97. The molecule has 0 aliphatic rings. The van der Waals surface area contributed by atoms with E-state index >= 15 is 0 Å². The van der Waals surface area contributed by atoms with Crippen molar-refractivity contribution in [2.24, 2.45) is 0 Å². The summed E-state index contributed by atoms with van der Waals surface area (Å²) in [5.74, 6) is 0. The Labute approximate surface area is 165 Å². The molecule has 3 aromatic heterocycles. The lowest BCUT2D eigenvalue weighted by Crippen LogP contribution is -2.55. The van der Waals surface area contributed by atoms with Crippen LogP contribution in [0.5, 0.6) is 0 Å². The lowest BCUT2D eigenvalue weighted by Gasteiger charge is -2.43. The van der Waals surface area contributed by atoms with Gasteiger partial charge in [-0.1, -0.05) is 41.5 Å². The van der Waals surface area contributed by atoms with Gasteiger partial charge in [-0.25, -0.2) is 0 Å². The molecule has 3 heterocycles. The topological polar surface area (TPSA) is 0 Å². The molecule has 0 radical (unpaired) electrons. The third kappa shape index (κ3) is 3.23. The summed E-state index contributed by atoms with van der Waals surface area (Å²) in [6.07, 6.45) is 0. The molecule has 3 aromatic rings. The van der Waals surface area contributed by atoms with Gasteiger partial charge in [-0.15, -0.1) is 11.3 Å². The first kappa shape index (κ1) is 19.1. The van der Waals surface area contributed by atoms with Crippen LogP contribution < -0.4 is 5.19 Å². The van der Waals surface area contributed by atoms with Crippen LogP contribution in [-0.4, -0.2) is 8.07 Å². The fourth-order valence-corrected chi connectivity index (χ4v) is 14.9. The first-order chi connectivity index (χ1) is 11.9. The van der Waals surface area contributed by atoms with Gasteiger partial charge in [-0.05, 0) is 61.5 Å². The Morgan fingerprint density at radius 1 is 0.760 bits per heavy atom. The molecule has 0 aromatic carbocycles. The number of thiophene rings is 3. The van der Waals surface area contributed by atoms with Gasteiger partial charge in [0.2, 0.25) is 0 Å². The number of hydrogen-bond acceptors (Lipinski definition) is 3. The van der Waals surface area contributed by atoms with Crippen molar-refractivity contribution in [2.45, 2.75) is 58.2 Å². The molecule has 25 heavy (non-hydrogen) atoms. The van der Waals surface area contributed by atoms with Crippen LogP contribution in [0.2, 0.25) is 16.6 Å². The first-order valence-corrected chi connectivity index (χ1v) is 14.0. The van der Waals surface area contributed by atoms with Crippen molar-refractivity contribution < 1.29 is 0 Å². The maximum atomic E-state index is 2.56. The van der Waals surface area contributed by atoms with Crippen LogP contribution in [0.4, 0.5) is 0 Å². The molecule has 0 fully saturated rings. The molecule has 0 N–H and O–H groups in total. The van der Waals surface area contributed by atoms with Gasteiger partial charge in [0.05, 0.1) is 8.07 Å². The van der Waals surface area contributed by atoms with Crippen LogP contribution in [0.15, 0.2) is 39.7 Å². The molecule has 134 valence electrons. The predicted molar refractivity (Wildman–Crippen MR) is 122 cm³/mol. The highest BCUT2D eigenvalue weighted by Gasteiger charge is 2.46. The Balaban J connectivity index is 2.29. The largest absolute Gasteiger partial charge is 0.152 e. The highest BCUT2D eigenvalue weighted by molar-refractivity contribution is 7.22. The van der Waals surface area contributed by atoms with E-state index in [9.17, 15) is 0 Å². The summed E-state index contributed by atoms with van der Waals surface area (Å²) in [5, 5.41) is 10.7. The third-order valence-electron chi connectivity index (χ3n) is 5.65. The zero-order valence-corrected chi connectivity index (χ0v) is 19.4. The van der Waals surface area contributed by atoms with E-state index in [4.69, 9.17) is 0 Å². The summed E-state index contributed by atoms with van der Waals surface area (Å²) < 4.78 is 0. The fraction of sp³-hybridized carbons (Fsp3) is 0.429. The molecule has 0 aliphatic carbocycles. The number of rotatable bonds is 6. The Bertz CT molecular complexity index is 771. The maximum absolute atomic E-state index is 2.56. The van der Waals surface area contributed by atoms with Crippen molar-refractivity contribution in [1.29, 1.82) is 0 Å². The normalized spacial score (nSPS) is 12.7.